The van der Waals surface area contributed by atoms with Crippen molar-refractivity contribution in [2.45, 2.75) is 9.24 Å². The van der Waals surface area contributed by atoms with Crippen molar-refractivity contribution in [1.29, 1.82) is 0 Å². The zero-order valence-corrected chi connectivity index (χ0v) is 17.8. The van der Waals surface area contributed by atoms with Gasteiger partial charge in [0.2, 0.25) is 0 Å². The van der Waals surface area contributed by atoms with E-state index >= 15 is 0 Å². The van der Waals surface area contributed by atoms with Crippen LogP contribution in [0.2, 0.25) is 0 Å². The van der Waals surface area contributed by atoms with Crippen molar-refractivity contribution in [2.24, 2.45) is 0 Å². The van der Waals surface area contributed by atoms with Gasteiger partial charge >= 0.3 is 0 Å². The number of rotatable bonds is 5. The summed E-state index contributed by atoms with van der Waals surface area (Å²) in [7, 11) is 0. The molecule has 1 saturated heterocycles. The molecule has 1 fully saturated rings. The molecule has 1 N–H and O–H groups in total. The number of hydrogen-bond acceptors (Lipinski definition) is 10. The number of aromatic nitrogens is 1. The summed E-state index contributed by atoms with van der Waals surface area (Å²) < 4.78 is 1.48. The number of thiocarbonyl (C=S) groups is 1. The van der Waals surface area contributed by atoms with Gasteiger partial charge in [0.1, 0.15) is 4.32 Å². The zero-order chi connectivity index (χ0) is 21.4. The minimum absolute atomic E-state index is 0.0422. The van der Waals surface area contributed by atoms with Gasteiger partial charge in [0.15, 0.2) is 4.34 Å². The van der Waals surface area contributed by atoms with Gasteiger partial charge in [-0.3, -0.25) is 25.0 Å². The van der Waals surface area contributed by atoms with E-state index in [1.807, 2.05) is 0 Å². The fraction of sp³-hybridized carbons (Fsp3) is 0. The summed E-state index contributed by atoms with van der Waals surface area (Å²) in [5.74, 6) is -0.338. The molecule has 0 bridgehead atoms. The summed E-state index contributed by atoms with van der Waals surface area (Å²) in [5.41, 5.74) is 0.899. The summed E-state index contributed by atoms with van der Waals surface area (Å²) in [5, 5.41) is 25.0. The molecule has 9 nitrogen and oxygen atoms in total. The van der Waals surface area contributed by atoms with Crippen molar-refractivity contribution >= 4 is 85.0 Å². The Balaban J connectivity index is 1.66. The van der Waals surface area contributed by atoms with Crippen LogP contribution in [0.15, 0.2) is 50.5 Å². The minimum Gasteiger partial charge on any atom is -0.307 e. The quantitative estimate of drug-likeness (QED) is 0.240. The topological polar surface area (TPSA) is 128 Å². The van der Waals surface area contributed by atoms with Crippen LogP contribution in [0, 0.1) is 20.2 Å². The number of benzene rings is 2. The number of nitro groups is 2. The van der Waals surface area contributed by atoms with E-state index in [1.165, 1.54) is 35.6 Å². The molecule has 13 heteroatoms. The van der Waals surface area contributed by atoms with Gasteiger partial charge in [0, 0.05) is 18.2 Å². The highest BCUT2D eigenvalue weighted by atomic mass is 32.2. The van der Waals surface area contributed by atoms with Gasteiger partial charge in [-0.25, -0.2) is 4.98 Å². The van der Waals surface area contributed by atoms with Crippen molar-refractivity contribution in [2.75, 3.05) is 0 Å². The second-order valence-electron chi connectivity index (χ2n) is 5.83. The number of thioether (sulfide) groups is 1. The number of carbonyl (C=O) groups is 1. The molecule has 1 aromatic heterocycles. The summed E-state index contributed by atoms with van der Waals surface area (Å²) >= 11 is 8.35. The van der Waals surface area contributed by atoms with Crippen LogP contribution in [0.1, 0.15) is 5.56 Å². The van der Waals surface area contributed by atoms with Gasteiger partial charge in [-0.2, -0.15) is 0 Å². The predicted octanol–water partition coefficient (Wildman–Crippen LogP) is 4.75. The minimum atomic E-state index is -0.505. The molecular weight excluding hydrogens is 468 g/mol. The Morgan fingerprint density at radius 2 is 1.93 bits per heavy atom. The third-order valence-corrected chi connectivity index (χ3v) is 7.19. The molecular formula is C17H8N4O5S4. The van der Waals surface area contributed by atoms with Gasteiger partial charge in [-0.15, -0.1) is 11.3 Å². The van der Waals surface area contributed by atoms with Gasteiger partial charge in [-0.05, 0) is 23.8 Å². The van der Waals surface area contributed by atoms with Crippen LogP contribution in [0.4, 0.5) is 11.4 Å². The van der Waals surface area contributed by atoms with E-state index in [9.17, 15) is 25.0 Å². The van der Waals surface area contributed by atoms with Crippen LogP contribution in [0.25, 0.3) is 16.3 Å². The van der Waals surface area contributed by atoms with Gasteiger partial charge in [-0.1, -0.05) is 41.8 Å². The number of carbonyl (C=O) groups excluding carboxylic acids is 1. The molecule has 4 rings (SSSR count). The van der Waals surface area contributed by atoms with E-state index in [-0.39, 0.29) is 17.3 Å². The lowest BCUT2D eigenvalue weighted by molar-refractivity contribution is -0.387. The van der Waals surface area contributed by atoms with Gasteiger partial charge in [0.05, 0.1) is 29.9 Å². The first kappa shape index (κ1) is 20.4. The van der Waals surface area contributed by atoms with Crippen molar-refractivity contribution in [1.82, 2.24) is 10.3 Å². The Hall–Kier alpha value is -2.87. The van der Waals surface area contributed by atoms with Gasteiger partial charge in [0.25, 0.3) is 17.3 Å². The number of non-ortho nitro benzene ring substituents is 1. The molecule has 0 saturated carbocycles. The lowest BCUT2D eigenvalue weighted by atomic mass is 10.2. The normalized spacial score (nSPS) is 15.0. The predicted molar refractivity (Wildman–Crippen MR) is 120 cm³/mol. The number of hydrogen-bond donors (Lipinski definition) is 1. The van der Waals surface area contributed by atoms with E-state index in [1.54, 1.807) is 18.2 Å². The highest BCUT2D eigenvalue weighted by Gasteiger charge is 2.23. The summed E-state index contributed by atoms with van der Waals surface area (Å²) in [6.45, 7) is 0. The maximum absolute atomic E-state index is 11.8. The fourth-order valence-electron chi connectivity index (χ4n) is 2.57. The SMILES string of the molecule is O=C1NC(=S)S/C1=C\c1ccc(Sc2nc3ccc([N+](=O)[O-])cc3s2)c([N+](=O)[O-])c1. The van der Waals surface area contributed by atoms with Crippen LogP contribution in [0.3, 0.4) is 0 Å². The Labute approximate surface area is 185 Å². The first-order valence-electron chi connectivity index (χ1n) is 8.06. The molecule has 1 aliphatic rings. The molecule has 2 heterocycles. The number of nitro benzene ring substituents is 2. The van der Waals surface area contributed by atoms with Crippen LogP contribution >= 0.6 is 47.1 Å². The number of fused-ring (bicyclic) bond motifs is 1. The van der Waals surface area contributed by atoms with Gasteiger partial charge < -0.3 is 5.32 Å². The Kier molecular flexibility index (Phi) is 5.51. The van der Waals surface area contributed by atoms with E-state index < -0.39 is 9.85 Å². The van der Waals surface area contributed by atoms with Crippen LogP contribution < -0.4 is 5.32 Å². The maximum Gasteiger partial charge on any atom is 0.283 e. The monoisotopic (exact) mass is 476 g/mol. The molecule has 30 heavy (non-hydrogen) atoms. The van der Waals surface area contributed by atoms with Crippen LogP contribution in [-0.2, 0) is 4.79 Å². The van der Waals surface area contributed by atoms with Crippen LogP contribution in [0.5, 0.6) is 0 Å². The molecule has 2 aromatic carbocycles. The number of amides is 1. The Morgan fingerprint density at radius 3 is 2.60 bits per heavy atom. The highest BCUT2D eigenvalue weighted by Crippen LogP contribution is 2.40. The third kappa shape index (κ3) is 4.18. The van der Waals surface area contributed by atoms with E-state index in [0.717, 1.165) is 23.5 Å². The number of nitrogens with zero attached hydrogens (tertiary/aromatic N) is 3. The lowest BCUT2D eigenvalue weighted by Gasteiger charge is -2.02. The smallest absolute Gasteiger partial charge is 0.283 e. The average molecular weight is 477 g/mol. The first-order valence-corrected chi connectivity index (χ1v) is 10.9. The maximum atomic E-state index is 11.8. The Morgan fingerprint density at radius 1 is 1.13 bits per heavy atom. The fourth-order valence-corrected chi connectivity index (χ4v) is 5.75. The first-order chi connectivity index (χ1) is 14.3. The zero-order valence-electron chi connectivity index (χ0n) is 14.6. The standard InChI is InChI=1S/C17H8N4O5S4/c22-15-14(28-16(27)19-15)6-8-1-4-12(11(5-8)21(25)26)29-17-18-10-3-2-9(20(23)24)7-13(10)30-17/h1-7H,(H,19,22,27)/b14-6-. The van der Waals surface area contributed by atoms with Crippen molar-refractivity contribution in [3.8, 4) is 0 Å². The van der Waals surface area contributed by atoms with Crippen LogP contribution in [-0.4, -0.2) is 25.1 Å². The van der Waals surface area contributed by atoms with E-state index in [2.05, 4.69) is 10.3 Å². The molecule has 3 aromatic rings. The molecule has 0 radical (unpaired) electrons. The molecule has 0 spiro atoms. The summed E-state index contributed by atoms with van der Waals surface area (Å²) in [6, 6.07) is 8.96. The van der Waals surface area contributed by atoms with E-state index in [4.69, 9.17) is 12.2 Å². The summed E-state index contributed by atoms with van der Waals surface area (Å²) in [6.07, 6.45) is 1.54. The second-order valence-corrected chi connectivity index (χ2v) is 9.87. The van der Waals surface area contributed by atoms with Crippen molar-refractivity contribution in [3.05, 3.63) is 67.1 Å². The van der Waals surface area contributed by atoms with E-state index in [0.29, 0.717) is 34.2 Å². The van der Waals surface area contributed by atoms with Crippen molar-refractivity contribution < 1.29 is 14.6 Å². The number of thiazole rings is 1. The molecule has 0 unspecified atom stereocenters. The molecule has 1 amide bonds. The highest BCUT2D eigenvalue weighted by molar-refractivity contribution is 8.26. The Bertz CT molecular complexity index is 1290. The lowest BCUT2D eigenvalue weighted by Crippen LogP contribution is -2.17. The van der Waals surface area contributed by atoms with Crippen molar-refractivity contribution in [3.63, 3.8) is 0 Å². The third-order valence-electron chi connectivity index (χ3n) is 3.88. The molecule has 0 aliphatic carbocycles. The molecule has 150 valence electrons. The molecule has 0 atom stereocenters. The average Bonchev–Trinajstić information content (AvgIpc) is 3.23. The molecule has 1 aliphatic heterocycles. The second kappa shape index (κ2) is 8.10. The summed E-state index contributed by atoms with van der Waals surface area (Å²) in [4.78, 5) is 38.4. The largest absolute Gasteiger partial charge is 0.307 e. The number of nitrogens with one attached hydrogen (secondary N) is 1.